The summed E-state index contributed by atoms with van der Waals surface area (Å²) in [6.07, 6.45) is 1.67. The lowest BCUT2D eigenvalue weighted by molar-refractivity contribution is 0.588. The van der Waals surface area contributed by atoms with E-state index >= 15 is 0 Å². The molecule has 0 amide bonds. The third-order valence-corrected chi connectivity index (χ3v) is 3.82. The van der Waals surface area contributed by atoms with Gasteiger partial charge in [-0.25, -0.2) is 18.1 Å². The van der Waals surface area contributed by atoms with Crippen LogP contribution in [0.3, 0.4) is 0 Å². The Bertz CT molecular complexity index is 462. The minimum absolute atomic E-state index is 0.0285. The quantitative estimate of drug-likeness (QED) is 0.855. The van der Waals surface area contributed by atoms with Gasteiger partial charge in [-0.05, 0) is 41.5 Å². The highest BCUT2D eigenvalue weighted by Gasteiger charge is 2.06. The largest absolute Gasteiger partial charge is 0.369 e. The molecule has 0 aliphatic heterocycles. The van der Waals surface area contributed by atoms with Crippen molar-refractivity contribution in [2.24, 2.45) is 0 Å². The van der Waals surface area contributed by atoms with Crippen molar-refractivity contribution in [2.75, 3.05) is 24.7 Å². The summed E-state index contributed by atoms with van der Waals surface area (Å²) in [5.74, 6) is 0.732. The van der Waals surface area contributed by atoms with Crippen molar-refractivity contribution >= 4 is 31.8 Å². The molecule has 0 fully saturated rings. The molecule has 1 heterocycles. The molecular weight excluding hydrogens is 294 g/mol. The van der Waals surface area contributed by atoms with Gasteiger partial charge in [-0.1, -0.05) is 0 Å². The van der Waals surface area contributed by atoms with E-state index in [0.29, 0.717) is 12.4 Å². The fraction of sp³-hybridized carbons (Fsp3) is 0.444. The van der Waals surface area contributed by atoms with E-state index in [1.807, 2.05) is 13.0 Å². The lowest BCUT2D eigenvalue weighted by Crippen LogP contribution is -2.26. The molecule has 0 unspecified atom stereocenters. The van der Waals surface area contributed by atoms with Gasteiger partial charge in [0.1, 0.15) is 5.82 Å². The van der Waals surface area contributed by atoms with Crippen LogP contribution in [-0.4, -0.2) is 32.7 Å². The summed E-state index contributed by atoms with van der Waals surface area (Å²) in [5.41, 5.74) is 0.969. The standard InChI is InChI=1S/C9H14BrN3O2S/c1-7-5-8(10)6-13-9(7)12-3-4-16(14,15)11-2/h5-6,11H,3-4H2,1-2H3,(H,12,13). The summed E-state index contributed by atoms with van der Waals surface area (Å²) in [5, 5.41) is 2.98. The molecule has 0 aliphatic carbocycles. The van der Waals surface area contributed by atoms with Crippen LogP contribution in [0.15, 0.2) is 16.7 Å². The van der Waals surface area contributed by atoms with Crippen molar-refractivity contribution in [2.45, 2.75) is 6.92 Å². The van der Waals surface area contributed by atoms with Crippen molar-refractivity contribution in [3.63, 3.8) is 0 Å². The molecule has 0 spiro atoms. The van der Waals surface area contributed by atoms with Crippen LogP contribution in [-0.2, 0) is 10.0 Å². The number of halogens is 1. The number of aryl methyl sites for hydroxylation is 1. The topological polar surface area (TPSA) is 71.1 Å². The summed E-state index contributed by atoms with van der Waals surface area (Å²) in [7, 11) is -1.76. The van der Waals surface area contributed by atoms with Gasteiger partial charge in [-0.15, -0.1) is 0 Å². The van der Waals surface area contributed by atoms with Crippen LogP contribution in [0.4, 0.5) is 5.82 Å². The van der Waals surface area contributed by atoms with Crippen LogP contribution in [0, 0.1) is 6.92 Å². The van der Waals surface area contributed by atoms with Gasteiger partial charge < -0.3 is 5.32 Å². The van der Waals surface area contributed by atoms with E-state index in [0.717, 1.165) is 10.0 Å². The van der Waals surface area contributed by atoms with Gasteiger partial charge in [0.15, 0.2) is 0 Å². The first-order valence-corrected chi connectivity index (χ1v) is 7.16. The molecule has 2 N–H and O–H groups in total. The summed E-state index contributed by atoms with van der Waals surface area (Å²) < 4.78 is 25.5. The Balaban J connectivity index is 2.56. The van der Waals surface area contributed by atoms with Crippen molar-refractivity contribution in [3.8, 4) is 0 Å². The molecule has 0 aromatic carbocycles. The minimum atomic E-state index is -3.16. The zero-order valence-electron chi connectivity index (χ0n) is 9.12. The van der Waals surface area contributed by atoms with Crippen molar-refractivity contribution in [3.05, 3.63) is 22.3 Å². The molecule has 0 bridgehead atoms. The van der Waals surface area contributed by atoms with E-state index in [1.54, 1.807) is 6.20 Å². The minimum Gasteiger partial charge on any atom is -0.369 e. The predicted molar refractivity (Wildman–Crippen MR) is 68.0 cm³/mol. The number of nitrogens with one attached hydrogen (secondary N) is 2. The number of anilines is 1. The van der Waals surface area contributed by atoms with E-state index in [4.69, 9.17) is 0 Å². The van der Waals surface area contributed by atoms with E-state index in [-0.39, 0.29) is 5.75 Å². The average Bonchev–Trinajstić information content (AvgIpc) is 2.21. The van der Waals surface area contributed by atoms with Crippen LogP contribution in [0.2, 0.25) is 0 Å². The second kappa shape index (κ2) is 5.60. The fourth-order valence-corrected chi connectivity index (χ4v) is 2.15. The molecule has 0 aliphatic rings. The van der Waals surface area contributed by atoms with Crippen LogP contribution in [0.25, 0.3) is 0 Å². The van der Waals surface area contributed by atoms with Gasteiger partial charge in [-0.3, -0.25) is 0 Å². The fourth-order valence-electron chi connectivity index (χ4n) is 1.13. The lowest BCUT2D eigenvalue weighted by atomic mass is 10.3. The number of pyridine rings is 1. The van der Waals surface area contributed by atoms with Gasteiger partial charge in [-0.2, -0.15) is 0 Å². The van der Waals surface area contributed by atoms with Gasteiger partial charge in [0.05, 0.1) is 5.75 Å². The smallest absolute Gasteiger partial charge is 0.213 e. The van der Waals surface area contributed by atoms with Gasteiger partial charge in [0.2, 0.25) is 10.0 Å². The average molecular weight is 308 g/mol. The Morgan fingerprint density at radius 3 is 2.75 bits per heavy atom. The van der Waals surface area contributed by atoms with Gasteiger partial charge >= 0.3 is 0 Å². The third-order valence-electron chi connectivity index (χ3n) is 2.02. The number of sulfonamides is 1. The van der Waals surface area contributed by atoms with Gasteiger partial charge in [0, 0.05) is 17.2 Å². The first kappa shape index (κ1) is 13.4. The maximum absolute atomic E-state index is 11.1. The van der Waals surface area contributed by atoms with Crippen molar-refractivity contribution < 1.29 is 8.42 Å². The molecule has 0 atom stereocenters. The number of nitrogens with zero attached hydrogens (tertiary/aromatic N) is 1. The van der Waals surface area contributed by atoms with E-state index in [1.165, 1.54) is 7.05 Å². The van der Waals surface area contributed by atoms with Crippen LogP contribution in [0.1, 0.15) is 5.56 Å². The van der Waals surface area contributed by atoms with E-state index in [9.17, 15) is 8.42 Å². The third kappa shape index (κ3) is 4.07. The molecule has 0 saturated heterocycles. The normalized spacial score (nSPS) is 11.4. The summed E-state index contributed by atoms with van der Waals surface area (Å²) in [4.78, 5) is 4.15. The van der Waals surface area contributed by atoms with Crippen molar-refractivity contribution in [1.29, 1.82) is 0 Å². The molecule has 7 heteroatoms. The van der Waals surface area contributed by atoms with Crippen LogP contribution >= 0.6 is 15.9 Å². The zero-order valence-corrected chi connectivity index (χ0v) is 11.5. The second-order valence-electron chi connectivity index (χ2n) is 3.27. The maximum atomic E-state index is 11.1. The SMILES string of the molecule is CNS(=O)(=O)CCNc1ncc(Br)cc1C. The van der Waals surface area contributed by atoms with E-state index in [2.05, 4.69) is 31.0 Å². The van der Waals surface area contributed by atoms with Gasteiger partial charge in [0.25, 0.3) is 0 Å². The highest BCUT2D eigenvalue weighted by molar-refractivity contribution is 9.10. The highest BCUT2D eigenvalue weighted by atomic mass is 79.9. The summed E-state index contributed by atoms with van der Waals surface area (Å²) >= 11 is 3.31. The highest BCUT2D eigenvalue weighted by Crippen LogP contribution is 2.16. The molecular formula is C9H14BrN3O2S. The predicted octanol–water partition coefficient (Wildman–Crippen LogP) is 1.11. The molecule has 1 rings (SSSR count). The Morgan fingerprint density at radius 1 is 1.50 bits per heavy atom. The first-order valence-electron chi connectivity index (χ1n) is 4.72. The Labute approximate surface area is 104 Å². The number of hydrogen-bond acceptors (Lipinski definition) is 4. The van der Waals surface area contributed by atoms with Crippen molar-refractivity contribution in [1.82, 2.24) is 9.71 Å². The Kier molecular flexibility index (Phi) is 4.69. The molecule has 0 radical (unpaired) electrons. The molecule has 5 nitrogen and oxygen atoms in total. The monoisotopic (exact) mass is 307 g/mol. The molecule has 16 heavy (non-hydrogen) atoms. The maximum Gasteiger partial charge on any atom is 0.213 e. The summed E-state index contributed by atoms with van der Waals surface area (Å²) in [6.45, 7) is 2.24. The zero-order chi connectivity index (χ0) is 12.2. The second-order valence-corrected chi connectivity index (χ2v) is 6.23. The first-order chi connectivity index (χ1) is 7.44. The molecule has 0 saturated carbocycles. The Hall–Kier alpha value is -0.660. The Morgan fingerprint density at radius 2 is 2.19 bits per heavy atom. The lowest BCUT2D eigenvalue weighted by Gasteiger charge is -2.08. The number of rotatable bonds is 5. The number of hydrogen-bond donors (Lipinski definition) is 2. The van der Waals surface area contributed by atoms with Crippen LogP contribution < -0.4 is 10.0 Å². The van der Waals surface area contributed by atoms with Crippen LogP contribution in [0.5, 0.6) is 0 Å². The number of aromatic nitrogens is 1. The molecule has 90 valence electrons. The van der Waals surface area contributed by atoms with E-state index < -0.39 is 10.0 Å². The molecule has 1 aromatic heterocycles. The summed E-state index contributed by atoms with van der Waals surface area (Å²) in [6, 6.07) is 1.92. The molecule has 1 aromatic rings.